The van der Waals surface area contributed by atoms with Gasteiger partial charge in [0.05, 0.1) is 19.2 Å². The highest BCUT2D eigenvalue weighted by Gasteiger charge is 2.22. The third-order valence-electron chi connectivity index (χ3n) is 3.63. The second-order valence-electron chi connectivity index (χ2n) is 5.65. The Kier molecular flexibility index (Phi) is 6.12. The lowest BCUT2D eigenvalue weighted by Crippen LogP contribution is -2.40. The summed E-state index contributed by atoms with van der Waals surface area (Å²) in [7, 11) is 1.49. The Labute approximate surface area is 134 Å². The molecule has 4 nitrogen and oxygen atoms in total. The van der Waals surface area contributed by atoms with Crippen molar-refractivity contribution in [2.24, 2.45) is 10.9 Å². The van der Waals surface area contributed by atoms with Crippen molar-refractivity contribution in [2.45, 2.75) is 32.2 Å². The molecule has 1 aliphatic carbocycles. The number of benzene rings is 1. The summed E-state index contributed by atoms with van der Waals surface area (Å²) < 4.78 is 43.9. The molecule has 0 saturated heterocycles. The van der Waals surface area contributed by atoms with Gasteiger partial charge in [-0.1, -0.05) is 6.07 Å². The molecule has 0 spiro atoms. The zero-order valence-corrected chi connectivity index (χ0v) is 13.3. The monoisotopic (exact) mass is 329 g/mol. The second-order valence-corrected chi connectivity index (χ2v) is 5.65. The summed E-state index contributed by atoms with van der Waals surface area (Å²) in [6.45, 7) is 1.86. The van der Waals surface area contributed by atoms with E-state index in [9.17, 15) is 13.2 Å². The van der Waals surface area contributed by atoms with Crippen LogP contribution < -0.4 is 15.4 Å². The quantitative estimate of drug-likeness (QED) is 0.597. The second kappa shape index (κ2) is 8.08. The van der Waals surface area contributed by atoms with Gasteiger partial charge in [-0.2, -0.15) is 0 Å². The van der Waals surface area contributed by atoms with Crippen LogP contribution in [0.15, 0.2) is 23.2 Å². The number of rotatable bonds is 7. The fourth-order valence-corrected chi connectivity index (χ4v) is 2.05. The van der Waals surface area contributed by atoms with E-state index in [4.69, 9.17) is 4.74 Å². The van der Waals surface area contributed by atoms with Crippen molar-refractivity contribution in [3.05, 3.63) is 29.6 Å². The number of guanidine groups is 1. The average molecular weight is 329 g/mol. The fraction of sp³-hybridized carbons (Fsp3) is 0.562. The lowest BCUT2D eigenvalue weighted by Gasteiger charge is -2.19. The maximum absolute atomic E-state index is 14.1. The molecule has 1 aromatic carbocycles. The van der Waals surface area contributed by atoms with E-state index >= 15 is 0 Å². The maximum Gasteiger partial charge on any atom is 0.255 e. The summed E-state index contributed by atoms with van der Waals surface area (Å²) in [5.41, 5.74) is 0.682. The van der Waals surface area contributed by atoms with Gasteiger partial charge in [0.25, 0.3) is 6.43 Å². The van der Waals surface area contributed by atoms with Gasteiger partial charge in [0.2, 0.25) is 0 Å². The van der Waals surface area contributed by atoms with Crippen molar-refractivity contribution in [2.75, 3.05) is 20.2 Å². The van der Waals surface area contributed by atoms with Crippen molar-refractivity contribution in [1.29, 1.82) is 0 Å². The molecule has 0 heterocycles. The van der Waals surface area contributed by atoms with Crippen molar-refractivity contribution in [1.82, 2.24) is 10.6 Å². The van der Waals surface area contributed by atoms with Gasteiger partial charge in [0, 0.05) is 7.05 Å². The highest BCUT2D eigenvalue weighted by molar-refractivity contribution is 5.80. The Hall–Kier alpha value is -1.92. The van der Waals surface area contributed by atoms with Gasteiger partial charge >= 0.3 is 0 Å². The number of nitrogens with zero attached hydrogens (tertiary/aromatic N) is 1. The first kappa shape index (κ1) is 17.4. The molecule has 1 unspecified atom stereocenters. The molecule has 1 aromatic rings. The van der Waals surface area contributed by atoms with E-state index in [0.29, 0.717) is 18.1 Å². The first-order chi connectivity index (χ1) is 11.0. The number of ether oxygens (including phenoxy) is 1. The third kappa shape index (κ3) is 5.65. The maximum atomic E-state index is 14.1. The van der Waals surface area contributed by atoms with Crippen LogP contribution in [0.1, 0.15) is 31.4 Å². The van der Waals surface area contributed by atoms with E-state index in [0.717, 1.165) is 12.8 Å². The minimum Gasteiger partial charge on any atom is -0.490 e. The van der Waals surface area contributed by atoms with Crippen molar-refractivity contribution >= 4 is 5.96 Å². The van der Waals surface area contributed by atoms with E-state index in [1.54, 1.807) is 19.1 Å². The molecule has 128 valence electrons. The van der Waals surface area contributed by atoms with Gasteiger partial charge in [-0.15, -0.1) is 0 Å². The zero-order valence-electron chi connectivity index (χ0n) is 13.3. The van der Waals surface area contributed by atoms with Crippen LogP contribution in [0.4, 0.5) is 13.2 Å². The van der Waals surface area contributed by atoms with Crippen molar-refractivity contribution < 1.29 is 17.9 Å². The summed E-state index contributed by atoms with van der Waals surface area (Å²) in [6.07, 6.45) is -0.180. The molecule has 0 bridgehead atoms. The van der Waals surface area contributed by atoms with Gasteiger partial charge < -0.3 is 15.4 Å². The Bertz CT molecular complexity index is 547. The molecule has 2 N–H and O–H groups in total. The summed E-state index contributed by atoms with van der Waals surface area (Å²) in [4.78, 5) is 3.86. The molecule has 1 saturated carbocycles. The molecule has 1 atom stereocenters. The molecular weight excluding hydrogens is 307 g/mol. The number of halogens is 3. The molecule has 1 fully saturated rings. The van der Waals surface area contributed by atoms with Gasteiger partial charge in [-0.05, 0) is 43.4 Å². The number of alkyl halides is 2. The summed E-state index contributed by atoms with van der Waals surface area (Å²) in [5.74, 6) is 0.617. The van der Waals surface area contributed by atoms with Gasteiger partial charge in [0.15, 0.2) is 17.5 Å². The van der Waals surface area contributed by atoms with E-state index in [1.807, 2.05) is 0 Å². The first-order valence-electron chi connectivity index (χ1n) is 7.67. The highest BCUT2D eigenvalue weighted by Crippen LogP contribution is 2.30. The SMILES string of the molecule is CN=C(NCC(F)F)NC(C)c1ccc(OCC2CC2)c(F)c1. The standard InChI is InChI=1S/C16H22F3N3O/c1-10(22-16(20-2)21-8-15(18)19)12-5-6-14(13(17)7-12)23-9-11-3-4-11/h5-7,10-11,15H,3-4,8-9H2,1-2H3,(H2,20,21,22). The van der Waals surface area contributed by atoms with Crippen molar-refractivity contribution in [3.63, 3.8) is 0 Å². The summed E-state index contributed by atoms with van der Waals surface area (Å²) in [5, 5.41) is 5.45. The zero-order chi connectivity index (χ0) is 16.8. The number of nitrogens with one attached hydrogen (secondary N) is 2. The molecule has 0 aromatic heterocycles. The molecule has 0 aliphatic heterocycles. The number of hydrogen-bond donors (Lipinski definition) is 2. The van der Waals surface area contributed by atoms with E-state index in [1.165, 1.54) is 13.1 Å². The molecule has 23 heavy (non-hydrogen) atoms. The normalized spacial score (nSPS) is 16.3. The Morgan fingerprint density at radius 1 is 1.39 bits per heavy atom. The van der Waals surface area contributed by atoms with Crippen LogP contribution in [0.5, 0.6) is 5.75 Å². The van der Waals surface area contributed by atoms with Crippen LogP contribution in [-0.4, -0.2) is 32.6 Å². The molecular formula is C16H22F3N3O. The van der Waals surface area contributed by atoms with E-state index in [-0.39, 0.29) is 17.8 Å². The van der Waals surface area contributed by atoms with E-state index in [2.05, 4.69) is 15.6 Å². The minimum absolute atomic E-state index is 0.243. The van der Waals surface area contributed by atoms with Crippen LogP contribution in [-0.2, 0) is 0 Å². The summed E-state index contributed by atoms with van der Waals surface area (Å²) >= 11 is 0. The topological polar surface area (TPSA) is 45.7 Å². The lowest BCUT2D eigenvalue weighted by atomic mass is 10.1. The lowest BCUT2D eigenvalue weighted by molar-refractivity contribution is 0.152. The largest absolute Gasteiger partial charge is 0.490 e. The minimum atomic E-state index is -2.47. The van der Waals surface area contributed by atoms with Gasteiger partial charge in [-0.25, -0.2) is 13.2 Å². The number of aliphatic imine (C=N–C) groups is 1. The van der Waals surface area contributed by atoms with Crippen LogP contribution >= 0.6 is 0 Å². The van der Waals surface area contributed by atoms with Crippen LogP contribution in [0.25, 0.3) is 0 Å². The molecule has 0 radical (unpaired) electrons. The molecule has 1 aliphatic rings. The Morgan fingerprint density at radius 2 is 2.13 bits per heavy atom. The molecule has 2 rings (SSSR count). The van der Waals surface area contributed by atoms with E-state index < -0.39 is 18.8 Å². The van der Waals surface area contributed by atoms with Crippen LogP contribution in [0.2, 0.25) is 0 Å². The highest BCUT2D eigenvalue weighted by atomic mass is 19.3. The smallest absolute Gasteiger partial charge is 0.255 e. The fourth-order valence-electron chi connectivity index (χ4n) is 2.05. The van der Waals surface area contributed by atoms with Gasteiger partial charge in [-0.3, -0.25) is 4.99 Å². The predicted molar refractivity (Wildman–Crippen MR) is 83.5 cm³/mol. The molecule has 0 amide bonds. The third-order valence-corrected chi connectivity index (χ3v) is 3.63. The van der Waals surface area contributed by atoms with Crippen LogP contribution in [0.3, 0.4) is 0 Å². The number of hydrogen-bond acceptors (Lipinski definition) is 2. The molecule has 7 heteroatoms. The average Bonchev–Trinajstić information content (AvgIpc) is 3.34. The summed E-state index contributed by atoms with van der Waals surface area (Å²) in [6, 6.07) is 4.45. The Balaban J connectivity index is 1.92. The van der Waals surface area contributed by atoms with Crippen LogP contribution in [0, 0.1) is 11.7 Å². The first-order valence-corrected chi connectivity index (χ1v) is 7.67. The predicted octanol–water partition coefficient (Wildman–Crippen LogP) is 3.11. The van der Waals surface area contributed by atoms with Gasteiger partial charge in [0.1, 0.15) is 0 Å². The van der Waals surface area contributed by atoms with Crippen molar-refractivity contribution in [3.8, 4) is 5.75 Å². The Morgan fingerprint density at radius 3 is 2.70 bits per heavy atom.